The molecule has 0 aromatic rings. The number of hydrogen-bond acceptors (Lipinski definition) is 8. The topological polar surface area (TPSA) is 58.2 Å². The van der Waals surface area contributed by atoms with Crippen LogP contribution in [0.4, 0.5) is 0 Å². The maximum Gasteiger partial charge on any atom is 0.230 e. The van der Waals surface area contributed by atoms with Crippen molar-refractivity contribution in [1.82, 2.24) is 9.44 Å². The van der Waals surface area contributed by atoms with Gasteiger partial charge in [0.2, 0.25) is 11.8 Å². The molecule has 2 N–H and O–H groups in total. The summed E-state index contributed by atoms with van der Waals surface area (Å²) in [5.41, 5.74) is 0. The van der Waals surface area contributed by atoms with Gasteiger partial charge in [-0.3, -0.25) is 19.0 Å². The van der Waals surface area contributed by atoms with Gasteiger partial charge in [0, 0.05) is 74.1 Å². The van der Waals surface area contributed by atoms with Crippen molar-refractivity contribution in [2.24, 2.45) is 0 Å². The van der Waals surface area contributed by atoms with Crippen LogP contribution in [-0.4, -0.2) is 11.8 Å². The van der Waals surface area contributed by atoms with Gasteiger partial charge in [-0.15, -0.1) is 0 Å². The normalized spacial score (nSPS) is 11.1. The molecule has 2 amide bonds. The average Bonchev–Trinajstić information content (AvgIpc) is 2.87. The van der Waals surface area contributed by atoms with Gasteiger partial charge in [-0.25, -0.2) is 0 Å². The van der Waals surface area contributed by atoms with Gasteiger partial charge in [0.05, 0.1) is 0 Å². The second-order valence-electron chi connectivity index (χ2n) is 9.35. The molecule has 10 heteroatoms. The smallest absolute Gasteiger partial charge is 0.230 e. The molecule has 0 spiro atoms. The van der Waals surface area contributed by atoms with E-state index in [-0.39, 0.29) is 11.8 Å². The number of amides is 2. The third-order valence-corrected chi connectivity index (χ3v) is 15.5. The number of rotatable bonds is 29. The lowest BCUT2D eigenvalue weighted by molar-refractivity contribution is -0.120. The molecule has 0 aliphatic carbocycles. The predicted molar refractivity (Wildman–Crippen MR) is 175 cm³/mol. The first-order chi connectivity index (χ1) is 17.7. The van der Waals surface area contributed by atoms with Crippen LogP contribution in [-0.2, 0) is 9.59 Å². The van der Waals surface area contributed by atoms with E-state index >= 15 is 0 Å². The van der Waals surface area contributed by atoms with Crippen molar-refractivity contribution < 1.29 is 9.59 Å². The van der Waals surface area contributed by atoms with Crippen molar-refractivity contribution in [2.45, 2.75) is 155 Å². The zero-order valence-electron chi connectivity index (χ0n) is 22.8. The Morgan fingerprint density at radius 3 is 1.00 bits per heavy atom. The molecule has 0 saturated carbocycles. The Morgan fingerprint density at radius 1 is 0.417 bits per heavy atom. The summed E-state index contributed by atoms with van der Waals surface area (Å²) in [4.78, 5) is 23.8. The highest BCUT2D eigenvalue weighted by Crippen LogP contribution is 2.50. The minimum Gasteiger partial charge on any atom is -0.290 e. The molecule has 214 valence electrons. The molecular weight excluding hydrogens is 565 g/mol. The first-order valence-electron chi connectivity index (χ1n) is 14.3. The SMILES string of the molecule is CCCCCCCCCCCCC(=O)NSSSSSSNC(=O)CCCCCCCCCCCC. The summed E-state index contributed by atoms with van der Waals surface area (Å²) in [7, 11) is 9.05. The molecule has 36 heavy (non-hydrogen) atoms. The van der Waals surface area contributed by atoms with Crippen LogP contribution in [0.2, 0.25) is 0 Å². The first kappa shape index (κ1) is 37.0. The lowest BCUT2D eigenvalue weighted by Gasteiger charge is -2.04. The molecular formula is C26H52N2O2S6. The minimum atomic E-state index is 0.124. The van der Waals surface area contributed by atoms with Gasteiger partial charge >= 0.3 is 0 Å². The van der Waals surface area contributed by atoms with Gasteiger partial charge in [-0.05, 0) is 12.8 Å². The molecule has 0 aliphatic heterocycles. The summed E-state index contributed by atoms with van der Waals surface area (Å²) in [5.74, 6) is 0.248. The van der Waals surface area contributed by atoms with Gasteiger partial charge < -0.3 is 0 Å². The third kappa shape index (κ3) is 31.3. The van der Waals surface area contributed by atoms with Crippen LogP contribution < -0.4 is 9.44 Å². The highest BCUT2D eigenvalue weighted by atomic mass is 33.9. The van der Waals surface area contributed by atoms with E-state index in [0.29, 0.717) is 12.8 Å². The van der Waals surface area contributed by atoms with Gasteiger partial charge in [-0.1, -0.05) is 129 Å². The lowest BCUT2D eigenvalue weighted by Crippen LogP contribution is -2.13. The van der Waals surface area contributed by atoms with Crippen molar-refractivity contribution in [3.63, 3.8) is 0 Å². The van der Waals surface area contributed by atoms with E-state index in [1.54, 1.807) is 39.3 Å². The minimum absolute atomic E-state index is 0.124. The molecule has 0 rings (SSSR count). The standard InChI is InChI=1S/C26H52N2O2S6/c1-3-5-7-9-11-13-15-17-19-21-23-25(29)27-31-33-35-36-34-32-28-26(30)24-22-20-18-16-14-12-10-8-6-4-2/h3-24H2,1-2H3,(H,27,29)(H,28,30). The fourth-order valence-electron chi connectivity index (χ4n) is 3.83. The van der Waals surface area contributed by atoms with Crippen LogP contribution in [0.1, 0.15) is 155 Å². The maximum absolute atomic E-state index is 11.9. The Morgan fingerprint density at radius 2 is 0.694 bits per heavy atom. The van der Waals surface area contributed by atoms with Crippen LogP contribution in [0.15, 0.2) is 0 Å². The summed E-state index contributed by atoms with van der Waals surface area (Å²) in [5, 5.41) is 0. The monoisotopic (exact) mass is 616 g/mol. The molecule has 0 aliphatic rings. The van der Waals surface area contributed by atoms with Crippen LogP contribution in [0, 0.1) is 0 Å². The second kappa shape index (κ2) is 32.3. The number of carbonyl (C=O) groups excluding carboxylic acids is 2. The van der Waals surface area contributed by atoms with Crippen molar-refractivity contribution >= 4 is 73.1 Å². The fourth-order valence-corrected chi connectivity index (χ4v) is 13.4. The Balaban J connectivity index is 3.25. The third-order valence-electron chi connectivity index (χ3n) is 5.98. The summed E-state index contributed by atoms with van der Waals surface area (Å²) >= 11 is 0. The molecule has 0 aromatic heterocycles. The molecule has 0 aromatic carbocycles. The maximum atomic E-state index is 11.9. The molecule has 0 saturated heterocycles. The lowest BCUT2D eigenvalue weighted by atomic mass is 10.1. The van der Waals surface area contributed by atoms with Gasteiger partial charge in [0.1, 0.15) is 0 Å². The van der Waals surface area contributed by atoms with Crippen LogP contribution in [0.5, 0.6) is 0 Å². The molecule has 0 radical (unpaired) electrons. The second-order valence-corrected chi connectivity index (χ2v) is 18.2. The van der Waals surface area contributed by atoms with Crippen molar-refractivity contribution in [3.8, 4) is 0 Å². The summed E-state index contributed by atoms with van der Waals surface area (Å²) < 4.78 is 5.79. The summed E-state index contributed by atoms with van der Waals surface area (Å²) in [6.07, 6.45) is 27.0. The Hall–Kier alpha value is 1.04. The Labute approximate surface area is 245 Å². The van der Waals surface area contributed by atoms with Crippen LogP contribution >= 0.6 is 61.3 Å². The largest absolute Gasteiger partial charge is 0.290 e. The Kier molecular flexibility index (Phi) is 33.2. The highest BCUT2D eigenvalue weighted by Gasteiger charge is 2.04. The predicted octanol–water partition coefficient (Wildman–Crippen LogP) is 11.6. The van der Waals surface area contributed by atoms with E-state index in [0.717, 1.165) is 25.7 Å². The molecule has 4 nitrogen and oxygen atoms in total. The van der Waals surface area contributed by atoms with E-state index in [9.17, 15) is 9.59 Å². The summed E-state index contributed by atoms with van der Waals surface area (Å²) in [6, 6.07) is 0. The average molecular weight is 617 g/mol. The zero-order chi connectivity index (χ0) is 26.4. The first-order valence-corrected chi connectivity index (χ1v) is 21.8. The van der Waals surface area contributed by atoms with Gasteiger partial charge in [-0.2, -0.15) is 0 Å². The molecule has 0 fully saturated rings. The van der Waals surface area contributed by atoms with Crippen molar-refractivity contribution in [3.05, 3.63) is 0 Å². The molecule has 0 bridgehead atoms. The number of hydrogen-bond donors (Lipinski definition) is 2. The van der Waals surface area contributed by atoms with E-state index in [2.05, 4.69) is 23.3 Å². The van der Waals surface area contributed by atoms with Crippen molar-refractivity contribution in [2.75, 3.05) is 0 Å². The quantitative estimate of drug-likeness (QED) is 0.0489. The molecule has 0 heterocycles. The van der Waals surface area contributed by atoms with Gasteiger partial charge in [0.15, 0.2) is 0 Å². The van der Waals surface area contributed by atoms with Crippen molar-refractivity contribution in [1.29, 1.82) is 0 Å². The Bertz CT molecular complexity index is 447. The van der Waals surface area contributed by atoms with Crippen LogP contribution in [0.3, 0.4) is 0 Å². The van der Waals surface area contributed by atoms with E-state index in [1.807, 2.05) is 0 Å². The number of unbranched alkanes of at least 4 members (excludes halogenated alkanes) is 18. The zero-order valence-corrected chi connectivity index (χ0v) is 27.7. The van der Waals surface area contributed by atoms with Crippen LogP contribution in [0.25, 0.3) is 0 Å². The fraction of sp³-hybridized carbons (Fsp3) is 0.923. The highest BCUT2D eigenvalue weighted by molar-refractivity contribution is 9.41. The molecule has 0 unspecified atom stereocenters. The van der Waals surface area contributed by atoms with Gasteiger partial charge in [0.25, 0.3) is 0 Å². The van der Waals surface area contributed by atoms with E-state index in [1.165, 1.54) is 125 Å². The molecule has 0 atom stereocenters. The number of nitrogens with one attached hydrogen (secondary N) is 2. The summed E-state index contributed by atoms with van der Waals surface area (Å²) in [6.45, 7) is 4.51. The van der Waals surface area contributed by atoms with E-state index in [4.69, 9.17) is 0 Å². The number of carbonyl (C=O) groups is 2. The van der Waals surface area contributed by atoms with E-state index < -0.39 is 0 Å².